The first-order chi connectivity index (χ1) is 14.4. The third-order valence-electron chi connectivity index (χ3n) is 6.25. The van der Waals surface area contributed by atoms with Crippen molar-refractivity contribution in [1.82, 2.24) is 15.3 Å². The Morgan fingerprint density at radius 1 is 1.17 bits per heavy atom. The Labute approximate surface area is 175 Å². The molecule has 0 atom stereocenters. The van der Waals surface area contributed by atoms with Gasteiger partial charge in [-0.2, -0.15) is 0 Å². The van der Waals surface area contributed by atoms with Gasteiger partial charge in [0, 0.05) is 11.1 Å². The van der Waals surface area contributed by atoms with E-state index in [1.165, 1.54) is 11.9 Å². The van der Waals surface area contributed by atoms with E-state index in [-0.39, 0.29) is 17.0 Å². The minimum atomic E-state index is -0.215. The first-order valence-electron chi connectivity index (χ1n) is 10.4. The molecular weight excluding hydrogens is 380 g/mol. The zero-order chi connectivity index (χ0) is 20.9. The first kappa shape index (κ1) is 18.9. The summed E-state index contributed by atoms with van der Waals surface area (Å²) in [5, 5.41) is 7.41. The molecule has 30 heavy (non-hydrogen) atoms. The van der Waals surface area contributed by atoms with Gasteiger partial charge in [0.1, 0.15) is 23.7 Å². The molecule has 0 bridgehead atoms. The topological polar surface area (TPSA) is 89.3 Å². The van der Waals surface area contributed by atoms with Crippen LogP contribution in [-0.2, 0) is 6.42 Å². The monoisotopic (exact) mass is 406 g/mol. The van der Waals surface area contributed by atoms with Crippen molar-refractivity contribution in [2.75, 3.05) is 12.4 Å². The fraction of sp³-hybridized carbons (Fsp3) is 0.435. The van der Waals surface area contributed by atoms with Gasteiger partial charge in [0.05, 0.1) is 18.1 Å². The van der Waals surface area contributed by atoms with Gasteiger partial charge in [0.25, 0.3) is 5.91 Å². The molecule has 0 radical (unpaired) electrons. The molecule has 2 aromatic heterocycles. The molecule has 5 rings (SSSR count). The second-order valence-corrected chi connectivity index (χ2v) is 8.88. The number of hydrogen-bond donors (Lipinski definition) is 2. The number of carbonyl (C=O) groups is 1. The van der Waals surface area contributed by atoms with Crippen LogP contribution in [0.1, 0.15) is 54.3 Å². The normalized spacial score (nSPS) is 18.1. The maximum Gasteiger partial charge on any atom is 0.256 e. The quantitative estimate of drug-likeness (QED) is 0.616. The summed E-state index contributed by atoms with van der Waals surface area (Å²) in [6.07, 6.45) is 6.35. The third-order valence-corrected chi connectivity index (χ3v) is 6.25. The number of aromatic nitrogens is 2. The molecule has 1 amide bonds. The minimum Gasteiger partial charge on any atom is -0.497 e. The van der Waals surface area contributed by atoms with Crippen molar-refractivity contribution in [2.45, 2.75) is 57.0 Å². The van der Waals surface area contributed by atoms with Gasteiger partial charge in [0.15, 0.2) is 0 Å². The number of furan rings is 1. The van der Waals surface area contributed by atoms with Gasteiger partial charge < -0.3 is 19.8 Å². The van der Waals surface area contributed by atoms with E-state index >= 15 is 0 Å². The smallest absolute Gasteiger partial charge is 0.256 e. The fourth-order valence-electron chi connectivity index (χ4n) is 3.95. The summed E-state index contributed by atoms with van der Waals surface area (Å²) < 4.78 is 11.0. The average Bonchev–Trinajstić information content (AvgIpc) is 3.61. The maximum absolute atomic E-state index is 13.3. The molecule has 0 aliphatic heterocycles. The molecule has 0 spiro atoms. The zero-order valence-electron chi connectivity index (χ0n) is 17.5. The Morgan fingerprint density at radius 3 is 2.53 bits per heavy atom. The fourth-order valence-corrected chi connectivity index (χ4v) is 3.95. The summed E-state index contributed by atoms with van der Waals surface area (Å²) in [5.74, 6) is 1.93. The number of anilines is 1. The van der Waals surface area contributed by atoms with Crippen LogP contribution < -0.4 is 15.4 Å². The van der Waals surface area contributed by atoms with Crippen LogP contribution >= 0.6 is 0 Å². The lowest BCUT2D eigenvalue weighted by Crippen LogP contribution is -2.38. The maximum atomic E-state index is 13.3. The number of amides is 1. The lowest BCUT2D eigenvalue weighted by molar-refractivity contribution is 0.0931. The van der Waals surface area contributed by atoms with Gasteiger partial charge in [-0.3, -0.25) is 4.79 Å². The number of nitrogens with zero attached hydrogens (tertiary/aromatic N) is 2. The summed E-state index contributed by atoms with van der Waals surface area (Å²) in [5.41, 5.74) is 1.96. The second kappa shape index (κ2) is 6.72. The van der Waals surface area contributed by atoms with Gasteiger partial charge in [0.2, 0.25) is 5.71 Å². The van der Waals surface area contributed by atoms with E-state index in [0.29, 0.717) is 28.2 Å². The standard InChI is InChI=1S/C23H26N4O3/c1-14-17(18-19(26-22(2)8-9-22)24-13-25-21(18)30-14)20(28)27-23(10-11-23)12-15-4-6-16(29-3)7-5-15/h4-7,13H,8-12H2,1-3H3,(H,27,28)(H,24,25,26). The van der Waals surface area contributed by atoms with Crippen molar-refractivity contribution in [3.63, 3.8) is 0 Å². The van der Waals surface area contributed by atoms with E-state index in [1.54, 1.807) is 7.11 Å². The number of fused-ring (bicyclic) bond motifs is 1. The Bertz CT molecular complexity index is 1110. The van der Waals surface area contributed by atoms with E-state index < -0.39 is 0 Å². The van der Waals surface area contributed by atoms with Crippen LogP contribution in [0.3, 0.4) is 0 Å². The van der Waals surface area contributed by atoms with Gasteiger partial charge in [-0.25, -0.2) is 9.97 Å². The first-order valence-corrected chi connectivity index (χ1v) is 10.4. The van der Waals surface area contributed by atoms with Gasteiger partial charge in [-0.05, 0) is 63.6 Å². The Morgan fingerprint density at radius 2 is 1.90 bits per heavy atom. The third kappa shape index (κ3) is 3.49. The largest absolute Gasteiger partial charge is 0.497 e. The molecule has 2 heterocycles. The van der Waals surface area contributed by atoms with Crippen molar-refractivity contribution in [1.29, 1.82) is 0 Å². The summed E-state index contributed by atoms with van der Waals surface area (Å²) in [7, 11) is 1.66. The number of aryl methyl sites for hydroxylation is 1. The summed E-state index contributed by atoms with van der Waals surface area (Å²) in [4.78, 5) is 22.0. The summed E-state index contributed by atoms with van der Waals surface area (Å²) in [6.45, 7) is 3.96. The number of nitrogens with one attached hydrogen (secondary N) is 2. The molecular formula is C23H26N4O3. The van der Waals surface area contributed by atoms with Crippen LogP contribution in [0.15, 0.2) is 35.0 Å². The number of rotatable bonds is 7. The summed E-state index contributed by atoms with van der Waals surface area (Å²) in [6, 6.07) is 8.01. The molecule has 156 valence electrons. The highest BCUT2D eigenvalue weighted by Gasteiger charge is 2.45. The number of benzene rings is 1. The molecule has 2 saturated carbocycles. The average molecular weight is 406 g/mol. The Kier molecular flexibility index (Phi) is 4.24. The second-order valence-electron chi connectivity index (χ2n) is 8.88. The Balaban J connectivity index is 1.41. The molecule has 0 saturated heterocycles. The minimum absolute atomic E-state index is 0.0340. The van der Waals surface area contributed by atoms with Crippen LogP contribution in [-0.4, -0.2) is 34.1 Å². The van der Waals surface area contributed by atoms with E-state index in [9.17, 15) is 4.79 Å². The molecule has 1 aromatic carbocycles. The number of carbonyl (C=O) groups excluding carboxylic acids is 1. The molecule has 2 aliphatic rings. The molecule has 0 unspecified atom stereocenters. The highest BCUT2D eigenvalue weighted by Crippen LogP contribution is 2.42. The van der Waals surface area contributed by atoms with Gasteiger partial charge >= 0.3 is 0 Å². The van der Waals surface area contributed by atoms with Crippen molar-refractivity contribution >= 4 is 22.8 Å². The lowest BCUT2D eigenvalue weighted by atomic mass is 10.0. The molecule has 2 aliphatic carbocycles. The van der Waals surface area contributed by atoms with E-state index in [1.807, 2.05) is 19.1 Å². The van der Waals surface area contributed by atoms with E-state index in [0.717, 1.165) is 37.9 Å². The van der Waals surface area contributed by atoms with Crippen molar-refractivity contribution in [3.8, 4) is 5.75 Å². The van der Waals surface area contributed by atoms with Gasteiger partial charge in [-0.1, -0.05) is 12.1 Å². The number of ether oxygens (including phenoxy) is 1. The number of hydrogen-bond acceptors (Lipinski definition) is 6. The number of methoxy groups -OCH3 is 1. The SMILES string of the molecule is COc1ccc(CC2(NC(=O)c3c(C)oc4ncnc(NC5(C)CC5)c34)CC2)cc1. The van der Waals surface area contributed by atoms with Crippen LogP contribution in [0.2, 0.25) is 0 Å². The van der Waals surface area contributed by atoms with E-state index in [4.69, 9.17) is 9.15 Å². The Hall–Kier alpha value is -3.09. The highest BCUT2D eigenvalue weighted by molar-refractivity contribution is 6.10. The zero-order valence-corrected chi connectivity index (χ0v) is 17.5. The van der Waals surface area contributed by atoms with Crippen molar-refractivity contribution in [3.05, 3.63) is 47.5 Å². The highest BCUT2D eigenvalue weighted by atomic mass is 16.5. The van der Waals surface area contributed by atoms with Crippen molar-refractivity contribution in [2.24, 2.45) is 0 Å². The van der Waals surface area contributed by atoms with Crippen molar-refractivity contribution < 1.29 is 13.9 Å². The molecule has 3 aromatic rings. The van der Waals surface area contributed by atoms with Crippen LogP contribution in [0.25, 0.3) is 11.1 Å². The van der Waals surface area contributed by atoms with Crippen LogP contribution in [0, 0.1) is 6.92 Å². The van der Waals surface area contributed by atoms with Crippen LogP contribution in [0.5, 0.6) is 5.75 Å². The predicted molar refractivity (Wildman–Crippen MR) is 114 cm³/mol. The van der Waals surface area contributed by atoms with E-state index in [2.05, 4.69) is 39.7 Å². The van der Waals surface area contributed by atoms with Crippen LogP contribution in [0.4, 0.5) is 5.82 Å². The molecule has 7 nitrogen and oxygen atoms in total. The summed E-state index contributed by atoms with van der Waals surface area (Å²) >= 11 is 0. The molecule has 2 N–H and O–H groups in total. The lowest BCUT2D eigenvalue weighted by Gasteiger charge is -2.18. The van der Waals surface area contributed by atoms with Gasteiger partial charge in [-0.15, -0.1) is 0 Å². The molecule has 2 fully saturated rings. The molecule has 7 heteroatoms. The predicted octanol–water partition coefficient (Wildman–Crippen LogP) is 4.01.